The van der Waals surface area contributed by atoms with E-state index in [1.807, 2.05) is 0 Å². The van der Waals surface area contributed by atoms with Crippen molar-refractivity contribution in [3.05, 3.63) is 58.1 Å². The second-order valence-electron chi connectivity index (χ2n) is 5.55. The van der Waals surface area contributed by atoms with Crippen LogP contribution in [-0.2, 0) is 9.59 Å². The number of rotatable bonds is 4. The van der Waals surface area contributed by atoms with Crippen molar-refractivity contribution in [2.45, 2.75) is 0 Å². The minimum Gasteiger partial charge on any atom is -0.497 e. The maximum atomic E-state index is 13.0. The lowest BCUT2D eigenvalue weighted by molar-refractivity contribution is -0.122. The second-order valence-corrected chi connectivity index (χ2v) is 6.79. The van der Waals surface area contributed by atoms with Crippen molar-refractivity contribution in [1.82, 2.24) is 5.32 Å². The molecule has 0 unspecified atom stereocenters. The molecule has 1 heterocycles. The average molecular weight is 447 g/mol. The highest BCUT2D eigenvalue weighted by atomic mass is 79.9. The molecule has 27 heavy (non-hydrogen) atoms. The summed E-state index contributed by atoms with van der Waals surface area (Å²) >= 11 is 8.58. The van der Waals surface area contributed by atoms with E-state index in [0.717, 1.165) is 0 Å². The van der Waals surface area contributed by atoms with Gasteiger partial charge in [-0.1, -0.05) is 6.07 Å². The number of methoxy groups -OCH3 is 2. The number of hydrogen-bond acceptors (Lipinski definition) is 5. The molecular formula is C19H15BrN2O4S. The maximum Gasteiger partial charge on any atom is 0.270 e. The lowest BCUT2D eigenvalue weighted by atomic mass is 10.1. The number of nitrogens with one attached hydrogen (secondary N) is 1. The molecule has 3 rings (SSSR count). The molecule has 0 bridgehead atoms. The number of carbonyl (C=O) groups excluding carboxylic acids is 2. The van der Waals surface area contributed by atoms with Gasteiger partial charge in [0.25, 0.3) is 11.8 Å². The molecule has 1 N–H and O–H groups in total. The van der Waals surface area contributed by atoms with E-state index in [1.165, 1.54) is 11.0 Å². The molecule has 1 aliphatic rings. The number of carbonyl (C=O) groups is 2. The molecule has 2 amide bonds. The first-order valence-corrected chi connectivity index (χ1v) is 9.03. The molecule has 1 fully saturated rings. The molecule has 6 nitrogen and oxygen atoms in total. The van der Waals surface area contributed by atoms with Gasteiger partial charge in [0.15, 0.2) is 5.11 Å². The number of anilines is 1. The summed E-state index contributed by atoms with van der Waals surface area (Å²) in [4.78, 5) is 26.6. The van der Waals surface area contributed by atoms with E-state index in [4.69, 9.17) is 21.7 Å². The topological polar surface area (TPSA) is 67.9 Å². The first kappa shape index (κ1) is 19.1. The molecular weight excluding hydrogens is 432 g/mol. The van der Waals surface area contributed by atoms with Crippen LogP contribution in [-0.4, -0.2) is 31.1 Å². The summed E-state index contributed by atoms with van der Waals surface area (Å²) in [6, 6.07) is 12.1. The zero-order chi connectivity index (χ0) is 19.6. The van der Waals surface area contributed by atoms with Gasteiger partial charge in [-0.2, -0.15) is 0 Å². The monoisotopic (exact) mass is 446 g/mol. The molecule has 2 aromatic rings. The number of hydrogen-bond donors (Lipinski definition) is 1. The first-order valence-electron chi connectivity index (χ1n) is 7.83. The Morgan fingerprint density at radius 2 is 1.78 bits per heavy atom. The molecule has 1 aliphatic heterocycles. The zero-order valence-electron chi connectivity index (χ0n) is 14.5. The number of benzene rings is 2. The molecule has 0 aliphatic carbocycles. The normalized spacial score (nSPS) is 15.7. The Kier molecular flexibility index (Phi) is 5.57. The summed E-state index contributed by atoms with van der Waals surface area (Å²) < 4.78 is 11.0. The third kappa shape index (κ3) is 3.86. The Bertz CT molecular complexity index is 957. The third-order valence-electron chi connectivity index (χ3n) is 3.92. The van der Waals surface area contributed by atoms with E-state index in [-0.39, 0.29) is 10.7 Å². The van der Waals surface area contributed by atoms with E-state index in [9.17, 15) is 9.59 Å². The fraction of sp³-hybridized carbons (Fsp3) is 0.105. The van der Waals surface area contributed by atoms with Crippen molar-refractivity contribution in [3.63, 3.8) is 0 Å². The van der Waals surface area contributed by atoms with Gasteiger partial charge >= 0.3 is 0 Å². The Hall–Kier alpha value is -2.71. The van der Waals surface area contributed by atoms with Crippen LogP contribution in [0.5, 0.6) is 11.5 Å². The summed E-state index contributed by atoms with van der Waals surface area (Å²) in [7, 11) is 3.11. The van der Waals surface area contributed by atoms with E-state index in [2.05, 4.69) is 21.2 Å². The lowest BCUT2D eigenvalue weighted by Gasteiger charge is -2.29. The van der Waals surface area contributed by atoms with Crippen molar-refractivity contribution in [2.75, 3.05) is 19.1 Å². The van der Waals surface area contributed by atoms with E-state index < -0.39 is 11.8 Å². The summed E-state index contributed by atoms with van der Waals surface area (Å²) in [6.07, 6.45) is 1.51. The van der Waals surface area contributed by atoms with Crippen LogP contribution in [0.1, 0.15) is 5.56 Å². The van der Waals surface area contributed by atoms with Crippen molar-refractivity contribution >= 4 is 56.8 Å². The van der Waals surface area contributed by atoms with Crippen molar-refractivity contribution in [2.24, 2.45) is 0 Å². The summed E-state index contributed by atoms with van der Waals surface area (Å²) in [5, 5.41) is 2.59. The van der Waals surface area contributed by atoms with Crippen LogP contribution in [0.25, 0.3) is 6.08 Å². The zero-order valence-corrected chi connectivity index (χ0v) is 16.9. The number of ether oxygens (including phenoxy) is 2. The van der Waals surface area contributed by atoms with Gasteiger partial charge in [0.2, 0.25) is 0 Å². The van der Waals surface area contributed by atoms with Crippen LogP contribution in [0.15, 0.2) is 52.5 Å². The van der Waals surface area contributed by atoms with Gasteiger partial charge in [0.05, 0.1) is 24.4 Å². The quantitative estimate of drug-likeness (QED) is 0.443. The predicted octanol–water partition coefficient (Wildman–Crippen LogP) is 3.30. The van der Waals surface area contributed by atoms with Gasteiger partial charge in [0.1, 0.15) is 17.1 Å². The average Bonchev–Trinajstić information content (AvgIpc) is 2.65. The fourth-order valence-corrected chi connectivity index (χ4v) is 3.40. The van der Waals surface area contributed by atoms with E-state index >= 15 is 0 Å². The van der Waals surface area contributed by atoms with Gasteiger partial charge in [-0.3, -0.25) is 19.8 Å². The lowest BCUT2D eigenvalue weighted by Crippen LogP contribution is -2.54. The van der Waals surface area contributed by atoms with Crippen LogP contribution >= 0.6 is 28.1 Å². The molecule has 8 heteroatoms. The second kappa shape index (κ2) is 7.89. The SMILES string of the molecule is COc1ccc(N2C(=O)/C(=C\c3ccc(OC)c(Br)c3)C(=O)NC2=S)cc1. The molecule has 1 saturated heterocycles. The smallest absolute Gasteiger partial charge is 0.270 e. The number of nitrogens with zero attached hydrogens (tertiary/aromatic N) is 1. The maximum absolute atomic E-state index is 13.0. The Labute approximate surface area is 169 Å². The van der Waals surface area contributed by atoms with Gasteiger partial charge in [-0.25, -0.2) is 0 Å². The largest absolute Gasteiger partial charge is 0.497 e. The number of thiocarbonyl (C=S) groups is 1. The molecule has 138 valence electrons. The van der Waals surface area contributed by atoms with Crippen LogP contribution in [0.4, 0.5) is 5.69 Å². The Morgan fingerprint density at radius 3 is 2.37 bits per heavy atom. The van der Waals surface area contributed by atoms with Gasteiger partial charge in [-0.15, -0.1) is 0 Å². The molecule has 0 atom stereocenters. The Morgan fingerprint density at radius 1 is 1.07 bits per heavy atom. The van der Waals surface area contributed by atoms with Gasteiger partial charge in [-0.05, 0) is 76.2 Å². The molecule has 0 aromatic heterocycles. The third-order valence-corrected chi connectivity index (χ3v) is 4.82. The van der Waals surface area contributed by atoms with Crippen LogP contribution in [0, 0.1) is 0 Å². The molecule has 0 spiro atoms. The first-order chi connectivity index (χ1) is 12.9. The standard InChI is InChI=1S/C19H15BrN2O4S/c1-25-13-6-4-12(5-7-13)22-18(24)14(17(23)21-19(22)27)9-11-3-8-16(26-2)15(20)10-11/h3-10H,1-2H3,(H,21,23,27)/b14-9-. The highest BCUT2D eigenvalue weighted by Crippen LogP contribution is 2.28. The van der Waals surface area contributed by atoms with Crippen molar-refractivity contribution < 1.29 is 19.1 Å². The minimum absolute atomic E-state index is 0.0171. The summed E-state index contributed by atoms with van der Waals surface area (Å²) in [5.74, 6) is 0.261. The molecule has 0 radical (unpaired) electrons. The highest BCUT2D eigenvalue weighted by molar-refractivity contribution is 9.10. The van der Waals surface area contributed by atoms with Crippen LogP contribution < -0.4 is 19.7 Å². The summed E-state index contributed by atoms with van der Waals surface area (Å²) in [6.45, 7) is 0. The van der Waals surface area contributed by atoms with E-state index in [1.54, 1.807) is 56.7 Å². The van der Waals surface area contributed by atoms with Crippen LogP contribution in [0.2, 0.25) is 0 Å². The fourth-order valence-electron chi connectivity index (χ4n) is 2.56. The minimum atomic E-state index is -0.540. The highest BCUT2D eigenvalue weighted by Gasteiger charge is 2.34. The van der Waals surface area contributed by atoms with Crippen molar-refractivity contribution in [3.8, 4) is 11.5 Å². The Balaban J connectivity index is 1.97. The van der Waals surface area contributed by atoms with Crippen LogP contribution in [0.3, 0.4) is 0 Å². The number of halogens is 1. The van der Waals surface area contributed by atoms with Gasteiger partial charge in [0, 0.05) is 0 Å². The summed E-state index contributed by atoms with van der Waals surface area (Å²) in [5.41, 5.74) is 1.19. The number of amides is 2. The van der Waals surface area contributed by atoms with E-state index in [0.29, 0.717) is 27.2 Å². The van der Waals surface area contributed by atoms with Gasteiger partial charge < -0.3 is 9.47 Å². The molecule has 0 saturated carbocycles. The van der Waals surface area contributed by atoms with Crippen molar-refractivity contribution in [1.29, 1.82) is 0 Å². The molecule has 2 aromatic carbocycles. The predicted molar refractivity (Wildman–Crippen MR) is 110 cm³/mol.